The largest absolute Gasteiger partial charge is 0.448 e. The topological polar surface area (TPSA) is 55.6 Å². The van der Waals surface area contributed by atoms with Crippen LogP contribution >= 0.6 is 0 Å². The van der Waals surface area contributed by atoms with Crippen LogP contribution in [0.15, 0.2) is 41.1 Å². The van der Waals surface area contributed by atoms with Crippen molar-refractivity contribution in [3.8, 4) is 0 Å². The van der Waals surface area contributed by atoms with Crippen LogP contribution in [0.4, 0.5) is 0 Å². The van der Waals surface area contributed by atoms with E-state index in [1.54, 1.807) is 0 Å². The fraction of sp³-hybridized carbons (Fsp3) is 0.474. The molecule has 0 radical (unpaired) electrons. The van der Waals surface area contributed by atoms with Gasteiger partial charge in [-0.2, -0.15) is 0 Å². The van der Waals surface area contributed by atoms with Crippen molar-refractivity contribution in [3.63, 3.8) is 0 Å². The zero-order valence-corrected chi connectivity index (χ0v) is 14.3. The molecule has 1 atom stereocenters. The smallest absolute Gasteiger partial charge is 0.181 e. The second kappa shape index (κ2) is 7.73. The predicted molar refractivity (Wildman–Crippen MR) is 91.0 cm³/mol. The third-order valence-electron chi connectivity index (χ3n) is 4.42. The first-order valence-corrected chi connectivity index (χ1v) is 8.47. The van der Waals surface area contributed by atoms with Crippen LogP contribution in [0.1, 0.15) is 48.0 Å². The molecule has 0 bridgehead atoms. The molecule has 1 aliphatic heterocycles. The molecule has 1 aromatic carbocycles. The minimum atomic E-state index is 0.0724. The third kappa shape index (κ3) is 3.91. The van der Waals surface area contributed by atoms with Crippen molar-refractivity contribution in [2.45, 2.75) is 38.8 Å². The van der Waals surface area contributed by atoms with Gasteiger partial charge < -0.3 is 9.15 Å². The summed E-state index contributed by atoms with van der Waals surface area (Å²) in [5.41, 5.74) is 1.72. The number of Topliss-reactive ketones (excluding diaryl/α,β-unsaturated/α-hetero) is 1. The van der Waals surface area contributed by atoms with Crippen molar-refractivity contribution in [2.75, 3.05) is 19.8 Å². The van der Waals surface area contributed by atoms with E-state index in [2.05, 4.69) is 23.7 Å². The average Bonchev–Trinajstić information content (AvgIpc) is 3.06. The normalized spacial score (nSPS) is 18.9. The Hall–Kier alpha value is -1.98. The number of morpholine rings is 1. The quantitative estimate of drug-likeness (QED) is 0.762. The second-order valence-corrected chi connectivity index (χ2v) is 6.51. The van der Waals surface area contributed by atoms with E-state index < -0.39 is 0 Å². The molecule has 1 aliphatic rings. The average molecular weight is 328 g/mol. The SMILES string of the molecule is CC(C)c1ocnc1CN1CCOC[C@H]1CC(=O)c1ccccc1. The van der Waals surface area contributed by atoms with Gasteiger partial charge in [0, 0.05) is 37.0 Å². The van der Waals surface area contributed by atoms with Crippen LogP contribution in [0.2, 0.25) is 0 Å². The number of rotatable bonds is 6. The summed E-state index contributed by atoms with van der Waals surface area (Å²) < 4.78 is 11.1. The van der Waals surface area contributed by atoms with Crippen molar-refractivity contribution in [2.24, 2.45) is 0 Å². The fourth-order valence-corrected chi connectivity index (χ4v) is 3.10. The molecule has 0 N–H and O–H groups in total. The van der Waals surface area contributed by atoms with Crippen molar-refractivity contribution in [3.05, 3.63) is 53.7 Å². The molecule has 3 rings (SSSR count). The van der Waals surface area contributed by atoms with Crippen LogP contribution in [-0.2, 0) is 11.3 Å². The van der Waals surface area contributed by atoms with E-state index in [4.69, 9.17) is 9.15 Å². The van der Waals surface area contributed by atoms with Crippen LogP contribution in [0.3, 0.4) is 0 Å². The molecule has 2 heterocycles. The molecule has 2 aromatic rings. The maximum absolute atomic E-state index is 12.5. The van der Waals surface area contributed by atoms with Crippen molar-refractivity contribution >= 4 is 5.78 Å². The summed E-state index contributed by atoms with van der Waals surface area (Å²) in [6.07, 6.45) is 1.97. The molecule has 1 aromatic heterocycles. The zero-order chi connectivity index (χ0) is 16.9. The lowest BCUT2D eigenvalue weighted by molar-refractivity contribution is -0.0132. The maximum atomic E-state index is 12.5. The van der Waals surface area contributed by atoms with Gasteiger partial charge in [-0.25, -0.2) is 4.98 Å². The number of carbonyl (C=O) groups is 1. The van der Waals surface area contributed by atoms with Gasteiger partial charge >= 0.3 is 0 Å². The lowest BCUT2D eigenvalue weighted by atomic mass is 10.0. The summed E-state index contributed by atoms with van der Waals surface area (Å²) in [5.74, 6) is 1.38. The van der Waals surface area contributed by atoms with Crippen molar-refractivity contribution in [1.29, 1.82) is 0 Å². The van der Waals surface area contributed by atoms with Crippen LogP contribution < -0.4 is 0 Å². The highest BCUT2D eigenvalue weighted by Gasteiger charge is 2.27. The summed E-state index contributed by atoms with van der Waals surface area (Å²) in [7, 11) is 0. The Morgan fingerprint density at radius 3 is 2.88 bits per heavy atom. The Balaban J connectivity index is 1.69. The summed E-state index contributed by atoms with van der Waals surface area (Å²) in [6.45, 7) is 6.95. The molecule has 5 heteroatoms. The van der Waals surface area contributed by atoms with Crippen LogP contribution in [0.5, 0.6) is 0 Å². The number of aromatic nitrogens is 1. The molecule has 128 valence electrons. The molecule has 0 amide bonds. The standard InChI is InChI=1S/C19H24N2O3/c1-14(2)19-17(20-13-24-19)11-21-8-9-23-12-16(21)10-18(22)15-6-4-3-5-7-15/h3-7,13-14,16H,8-12H2,1-2H3/t16-/m1/s1. The first-order valence-electron chi connectivity index (χ1n) is 8.47. The minimum absolute atomic E-state index is 0.0724. The Bertz CT molecular complexity index is 666. The molecule has 1 fully saturated rings. The monoisotopic (exact) mass is 328 g/mol. The van der Waals surface area contributed by atoms with E-state index >= 15 is 0 Å². The van der Waals surface area contributed by atoms with Gasteiger partial charge in [0.15, 0.2) is 12.2 Å². The number of carbonyl (C=O) groups excluding carboxylic acids is 1. The molecule has 24 heavy (non-hydrogen) atoms. The van der Waals surface area contributed by atoms with Gasteiger partial charge in [0.1, 0.15) is 5.76 Å². The Labute approximate surface area is 142 Å². The van der Waals surface area contributed by atoms with Gasteiger partial charge in [-0.3, -0.25) is 9.69 Å². The van der Waals surface area contributed by atoms with E-state index in [0.29, 0.717) is 32.1 Å². The molecule has 0 aliphatic carbocycles. The third-order valence-corrected chi connectivity index (χ3v) is 4.42. The molecule has 0 spiro atoms. The number of benzene rings is 1. The number of ketones is 1. The van der Waals surface area contributed by atoms with Gasteiger partial charge in [-0.15, -0.1) is 0 Å². The summed E-state index contributed by atoms with van der Waals surface area (Å²) in [5, 5.41) is 0. The number of ether oxygens (including phenoxy) is 1. The molecule has 5 nitrogen and oxygen atoms in total. The van der Waals surface area contributed by atoms with Gasteiger partial charge in [0.25, 0.3) is 0 Å². The predicted octanol–water partition coefficient (Wildman–Crippen LogP) is 3.27. The van der Waals surface area contributed by atoms with Gasteiger partial charge in [-0.1, -0.05) is 44.2 Å². The van der Waals surface area contributed by atoms with Gasteiger partial charge in [-0.05, 0) is 0 Å². The van der Waals surface area contributed by atoms with E-state index in [1.165, 1.54) is 6.39 Å². The van der Waals surface area contributed by atoms with E-state index in [-0.39, 0.29) is 11.8 Å². The summed E-state index contributed by atoms with van der Waals surface area (Å²) >= 11 is 0. The first-order chi connectivity index (χ1) is 11.6. The number of nitrogens with zero attached hydrogens (tertiary/aromatic N) is 2. The highest BCUT2D eigenvalue weighted by Crippen LogP contribution is 2.22. The number of hydrogen-bond acceptors (Lipinski definition) is 5. The van der Waals surface area contributed by atoms with Crippen LogP contribution in [-0.4, -0.2) is 41.5 Å². The van der Waals surface area contributed by atoms with E-state index in [0.717, 1.165) is 23.6 Å². The summed E-state index contributed by atoms with van der Waals surface area (Å²) in [4.78, 5) is 19.2. The lowest BCUT2D eigenvalue weighted by Gasteiger charge is -2.35. The van der Waals surface area contributed by atoms with E-state index in [9.17, 15) is 4.79 Å². The molecular weight excluding hydrogens is 304 g/mol. The molecule has 0 saturated carbocycles. The number of hydrogen-bond donors (Lipinski definition) is 0. The molecule has 0 unspecified atom stereocenters. The van der Waals surface area contributed by atoms with Crippen molar-refractivity contribution in [1.82, 2.24) is 9.88 Å². The Kier molecular flexibility index (Phi) is 5.43. The lowest BCUT2D eigenvalue weighted by Crippen LogP contribution is -2.46. The second-order valence-electron chi connectivity index (χ2n) is 6.51. The molecule has 1 saturated heterocycles. The Morgan fingerprint density at radius 1 is 1.33 bits per heavy atom. The highest BCUT2D eigenvalue weighted by molar-refractivity contribution is 5.96. The summed E-state index contributed by atoms with van der Waals surface area (Å²) in [6, 6.07) is 9.52. The van der Waals surface area contributed by atoms with Gasteiger partial charge in [0.05, 0.1) is 18.9 Å². The van der Waals surface area contributed by atoms with Crippen LogP contribution in [0, 0.1) is 0 Å². The van der Waals surface area contributed by atoms with Crippen LogP contribution in [0.25, 0.3) is 0 Å². The minimum Gasteiger partial charge on any atom is -0.448 e. The highest BCUT2D eigenvalue weighted by atomic mass is 16.5. The maximum Gasteiger partial charge on any atom is 0.181 e. The first kappa shape index (κ1) is 16.9. The van der Waals surface area contributed by atoms with E-state index in [1.807, 2.05) is 30.3 Å². The zero-order valence-electron chi connectivity index (χ0n) is 14.3. The van der Waals surface area contributed by atoms with Crippen molar-refractivity contribution < 1.29 is 13.9 Å². The fourth-order valence-electron chi connectivity index (χ4n) is 3.10. The van der Waals surface area contributed by atoms with Gasteiger partial charge in [0.2, 0.25) is 0 Å². The number of oxazole rings is 1. The Morgan fingerprint density at radius 2 is 2.12 bits per heavy atom. The molecular formula is C19H24N2O3.